The van der Waals surface area contributed by atoms with Gasteiger partial charge in [-0.2, -0.15) is 0 Å². The highest BCUT2D eigenvalue weighted by molar-refractivity contribution is 8.33. The number of aliphatic imine (C=N–C) groups is 1. The zero-order chi connectivity index (χ0) is 15.7. The Morgan fingerprint density at radius 2 is 2.18 bits per heavy atom. The molecule has 2 aliphatic heterocycles. The molecule has 2 aliphatic rings. The summed E-state index contributed by atoms with van der Waals surface area (Å²) < 4.78 is 5.84. The quantitative estimate of drug-likeness (QED) is 0.678. The summed E-state index contributed by atoms with van der Waals surface area (Å²) in [6.45, 7) is 3.95. The number of carbonyl (C=O) groups is 1. The van der Waals surface area contributed by atoms with Gasteiger partial charge in [0.25, 0.3) is 0 Å². The van der Waals surface area contributed by atoms with Crippen LogP contribution in [0.25, 0.3) is 0 Å². The molecule has 0 saturated carbocycles. The van der Waals surface area contributed by atoms with Crippen molar-refractivity contribution in [1.29, 1.82) is 0 Å². The number of fused-ring (bicyclic) bond motifs is 1. The summed E-state index contributed by atoms with van der Waals surface area (Å²) in [5.74, 6) is -0.346. The number of nitrogens with one attached hydrogen (secondary N) is 1. The van der Waals surface area contributed by atoms with Crippen molar-refractivity contribution in [3.63, 3.8) is 0 Å². The maximum absolute atomic E-state index is 12.4. The van der Waals surface area contributed by atoms with Gasteiger partial charge >= 0.3 is 5.97 Å². The molecule has 3 rings (SSSR count). The van der Waals surface area contributed by atoms with Crippen LogP contribution in [0, 0.1) is 0 Å². The fourth-order valence-corrected chi connectivity index (χ4v) is 3.57. The zero-order valence-electron chi connectivity index (χ0n) is 12.2. The van der Waals surface area contributed by atoms with Crippen LogP contribution in [0.3, 0.4) is 0 Å². The van der Waals surface area contributed by atoms with Crippen molar-refractivity contribution in [2.24, 2.45) is 4.99 Å². The van der Waals surface area contributed by atoms with E-state index in [-0.39, 0.29) is 12.0 Å². The predicted octanol–water partition coefficient (Wildman–Crippen LogP) is 2.77. The minimum atomic E-state index is -0.346. The molecule has 0 radical (unpaired) electrons. The van der Waals surface area contributed by atoms with Gasteiger partial charge in [0.15, 0.2) is 9.49 Å². The Hall–Kier alpha value is -1.86. The summed E-state index contributed by atoms with van der Waals surface area (Å²) in [5.41, 5.74) is 5.29. The molecule has 1 saturated heterocycles. The van der Waals surface area contributed by atoms with Crippen molar-refractivity contribution in [2.75, 3.05) is 6.61 Å². The SMILES string of the molecule is CCOC(=O)C1=C(C)N=C2SC(=S)NN2C1c1ccccc1. The number of hydrazine groups is 1. The second-order valence-corrected chi connectivity index (χ2v) is 6.44. The number of hydrogen-bond donors (Lipinski definition) is 1. The van der Waals surface area contributed by atoms with Crippen LogP contribution >= 0.6 is 24.0 Å². The molecule has 7 heteroatoms. The number of esters is 1. The lowest BCUT2D eigenvalue weighted by Gasteiger charge is -2.33. The molecule has 1 N–H and O–H groups in total. The molecular formula is C15H15N3O2S2. The van der Waals surface area contributed by atoms with Crippen molar-refractivity contribution in [2.45, 2.75) is 19.9 Å². The van der Waals surface area contributed by atoms with Crippen LogP contribution < -0.4 is 5.43 Å². The number of allylic oxidation sites excluding steroid dienone is 1. The Bertz CT molecular complexity index is 685. The van der Waals surface area contributed by atoms with E-state index in [9.17, 15) is 4.79 Å². The Morgan fingerprint density at radius 1 is 1.45 bits per heavy atom. The third-order valence-electron chi connectivity index (χ3n) is 3.40. The summed E-state index contributed by atoms with van der Waals surface area (Å²) in [6.07, 6.45) is 0. The molecule has 0 aliphatic carbocycles. The van der Waals surface area contributed by atoms with E-state index >= 15 is 0 Å². The first-order chi connectivity index (χ1) is 10.6. The van der Waals surface area contributed by atoms with Crippen molar-refractivity contribution in [3.05, 3.63) is 47.2 Å². The minimum Gasteiger partial charge on any atom is -0.463 e. The van der Waals surface area contributed by atoms with Gasteiger partial charge in [0.05, 0.1) is 17.9 Å². The first kappa shape index (κ1) is 15.1. The highest BCUT2D eigenvalue weighted by Crippen LogP contribution is 2.39. The van der Waals surface area contributed by atoms with E-state index in [1.165, 1.54) is 11.8 Å². The monoisotopic (exact) mass is 333 g/mol. The van der Waals surface area contributed by atoms with Crippen LogP contribution in [0.5, 0.6) is 0 Å². The van der Waals surface area contributed by atoms with E-state index in [0.717, 1.165) is 10.7 Å². The van der Waals surface area contributed by atoms with Gasteiger partial charge in [-0.3, -0.25) is 10.4 Å². The summed E-state index contributed by atoms with van der Waals surface area (Å²) >= 11 is 6.61. The second-order valence-electron chi connectivity index (χ2n) is 4.80. The molecule has 1 aromatic carbocycles. The first-order valence-corrected chi connectivity index (χ1v) is 8.13. The molecule has 5 nitrogen and oxygen atoms in total. The molecule has 1 atom stereocenters. The summed E-state index contributed by atoms with van der Waals surface area (Å²) in [6, 6.07) is 9.49. The Kier molecular flexibility index (Phi) is 4.17. The topological polar surface area (TPSA) is 53.9 Å². The number of amidine groups is 1. The van der Waals surface area contributed by atoms with Gasteiger partial charge in [-0.1, -0.05) is 42.5 Å². The average molecular weight is 333 g/mol. The van der Waals surface area contributed by atoms with E-state index in [1.807, 2.05) is 42.3 Å². The molecule has 1 aromatic rings. The van der Waals surface area contributed by atoms with E-state index in [4.69, 9.17) is 17.0 Å². The maximum Gasteiger partial charge on any atom is 0.338 e. The number of thioether (sulfide) groups is 1. The number of carbonyl (C=O) groups excluding carboxylic acids is 1. The van der Waals surface area contributed by atoms with E-state index in [1.54, 1.807) is 6.92 Å². The first-order valence-electron chi connectivity index (χ1n) is 6.91. The molecular weight excluding hydrogens is 318 g/mol. The average Bonchev–Trinajstić information content (AvgIpc) is 2.86. The summed E-state index contributed by atoms with van der Waals surface area (Å²) in [7, 11) is 0. The van der Waals surface area contributed by atoms with Crippen molar-refractivity contribution in [3.8, 4) is 0 Å². The molecule has 0 aromatic heterocycles. The van der Waals surface area contributed by atoms with Crippen molar-refractivity contribution >= 4 is 39.4 Å². The summed E-state index contributed by atoms with van der Waals surface area (Å²) in [4.78, 5) is 16.9. The predicted molar refractivity (Wildman–Crippen MR) is 91.1 cm³/mol. The normalized spacial score (nSPS) is 20.5. The van der Waals surface area contributed by atoms with Gasteiger partial charge in [-0.25, -0.2) is 9.79 Å². The smallest absolute Gasteiger partial charge is 0.338 e. The largest absolute Gasteiger partial charge is 0.463 e. The van der Waals surface area contributed by atoms with Gasteiger partial charge in [0.1, 0.15) is 6.04 Å². The molecule has 2 heterocycles. The van der Waals surface area contributed by atoms with Gasteiger partial charge in [-0.15, -0.1) is 0 Å². The molecule has 1 fully saturated rings. The molecule has 0 amide bonds. The Labute approximate surface area is 138 Å². The van der Waals surface area contributed by atoms with E-state index < -0.39 is 0 Å². The molecule has 1 unspecified atom stereocenters. The standard InChI is InChI=1S/C15H15N3O2S2/c1-3-20-13(19)11-9(2)16-14-18(17-15(21)22-14)12(11)10-7-5-4-6-8-10/h4-8,12H,3H2,1-2H3,(H,17,21). The van der Waals surface area contributed by atoms with Crippen LogP contribution in [0.1, 0.15) is 25.5 Å². The van der Waals surface area contributed by atoms with Gasteiger partial charge in [-0.05, 0) is 31.2 Å². The number of ether oxygens (including phenoxy) is 1. The lowest BCUT2D eigenvalue weighted by atomic mass is 9.96. The van der Waals surface area contributed by atoms with Crippen LogP contribution in [0.15, 0.2) is 46.6 Å². The van der Waals surface area contributed by atoms with Crippen molar-refractivity contribution in [1.82, 2.24) is 10.4 Å². The van der Waals surface area contributed by atoms with Gasteiger partial charge in [0, 0.05) is 0 Å². The Morgan fingerprint density at radius 3 is 2.86 bits per heavy atom. The van der Waals surface area contributed by atoms with E-state index in [2.05, 4.69) is 10.4 Å². The fourth-order valence-electron chi connectivity index (χ4n) is 2.50. The van der Waals surface area contributed by atoms with Gasteiger partial charge < -0.3 is 4.74 Å². The van der Waals surface area contributed by atoms with Crippen LogP contribution in [0.4, 0.5) is 0 Å². The van der Waals surface area contributed by atoms with Crippen LogP contribution in [-0.4, -0.2) is 27.1 Å². The zero-order valence-corrected chi connectivity index (χ0v) is 13.8. The van der Waals surface area contributed by atoms with Crippen LogP contribution in [0.2, 0.25) is 0 Å². The van der Waals surface area contributed by atoms with Crippen molar-refractivity contribution < 1.29 is 9.53 Å². The number of hydrogen-bond acceptors (Lipinski definition) is 6. The highest BCUT2D eigenvalue weighted by atomic mass is 32.2. The second kappa shape index (κ2) is 6.10. The highest BCUT2D eigenvalue weighted by Gasteiger charge is 2.40. The number of thiocarbonyl (C=S) groups is 1. The lowest BCUT2D eigenvalue weighted by molar-refractivity contribution is -0.139. The number of nitrogens with zero attached hydrogens (tertiary/aromatic N) is 2. The third kappa shape index (κ3) is 2.62. The fraction of sp³-hybridized carbons (Fsp3) is 0.267. The minimum absolute atomic E-state index is 0.305. The Balaban J connectivity index is 2.10. The number of benzene rings is 1. The number of rotatable bonds is 3. The third-order valence-corrected chi connectivity index (χ3v) is 4.49. The lowest BCUT2D eigenvalue weighted by Crippen LogP contribution is -2.43. The molecule has 0 bridgehead atoms. The molecule has 114 valence electrons. The van der Waals surface area contributed by atoms with Crippen LogP contribution in [-0.2, 0) is 9.53 Å². The molecule has 22 heavy (non-hydrogen) atoms. The summed E-state index contributed by atoms with van der Waals surface area (Å²) in [5, 5.41) is 2.59. The molecule has 0 spiro atoms. The maximum atomic E-state index is 12.4. The van der Waals surface area contributed by atoms with Gasteiger partial charge in [0.2, 0.25) is 0 Å². The van der Waals surface area contributed by atoms with E-state index in [0.29, 0.717) is 22.2 Å².